The first kappa shape index (κ1) is 19.3. The van der Waals surface area contributed by atoms with Gasteiger partial charge in [0.15, 0.2) is 0 Å². The van der Waals surface area contributed by atoms with Gasteiger partial charge in [-0.3, -0.25) is 0 Å². The lowest BCUT2D eigenvalue weighted by Crippen LogP contribution is -1.84. The molecule has 0 unspecified atom stereocenters. The molecule has 22 heavy (non-hydrogen) atoms. The summed E-state index contributed by atoms with van der Waals surface area (Å²) in [5, 5.41) is 0. The Labute approximate surface area is 139 Å². The monoisotopic (exact) mass is 302 g/mol. The molecule has 0 heterocycles. The molecule has 0 amide bonds. The summed E-state index contributed by atoms with van der Waals surface area (Å²) >= 11 is 0. The van der Waals surface area contributed by atoms with Gasteiger partial charge in [-0.2, -0.15) is 0 Å². The molecule has 0 bridgehead atoms. The average Bonchev–Trinajstić information content (AvgIpc) is 3.04. The average molecular weight is 303 g/mol. The minimum atomic E-state index is 1.23. The largest absolute Gasteiger partial charge is 0.117 e. The van der Waals surface area contributed by atoms with E-state index in [4.69, 9.17) is 0 Å². The highest BCUT2D eigenvalue weighted by molar-refractivity contribution is 5.28. The maximum atomic E-state index is 3.29. The molecule has 0 aromatic heterocycles. The van der Waals surface area contributed by atoms with E-state index in [-0.39, 0.29) is 0 Å². The van der Waals surface area contributed by atoms with Crippen LogP contribution in [0.15, 0.2) is 29.5 Å². The van der Waals surface area contributed by atoms with Crippen molar-refractivity contribution in [1.29, 1.82) is 0 Å². The summed E-state index contributed by atoms with van der Waals surface area (Å²) in [5.41, 5.74) is 4.68. The van der Waals surface area contributed by atoms with Crippen LogP contribution >= 0.6 is 0 Å². The van der Waals surface area contributed by atoms with E-state index in [1.54, 1.807) is 0 Å². The second-order valence-electron chi connectivity index (χ2n) is 6.90. The molecule has 0 nitrogen and oxygen atoms in total. The third-order valence-corrected chi connectivity index (χ3v) is 4.71. The molecule has 1 aliphatic rings. The molecule has 0 atom stereocenters. The normalized spacial score (nSPS) is 13.0. The van der Waals surface area contributed by atoms with Crippen LogP contribution in [0, 0.1) is 0 Å². The van der Waals surface area contributed by atoms with Crippen LogP contribution in [0.4, 0.5) is 0 Å². The van der Waals surface area contributed by atoms with Gasteiger partial charge in [0.05, 0.1) is 0 Å². The molecule has 0 spiro atoms. The highest BCUT2D eigenvalue weighted by Crippen LogP contribution is 2.15. The van der Waals surface area contributed by atoms with Crippen molar-refractivity contribution < 1.29 is 0 Å². The van der Waals surface area contributed by atoms with Crippen molar-refractivity contribution >= 4 is 0 Å². The fourth-order valence-electron chi connectivity index (χ4n) is 3.21. The SMILES string of the molecule is CCCCCCCCCCCCCCCCCC1=C=CC=C1. The van der Waals surface area contributed by atoms with E-state index >= 15 is 0 Å². The zero-order valence-corrected chi connectivity index (χ0v) is 15.0. The van der Waals surface area contributed by atoms with Crippen molar-refractivity contribution in [1.82, 2.24) is 0 Å². The first-order chi connectivity index (χ1) is 10.9. The maximum absolute atomic E-state index is 3.29. The van der Waals surface area contributed by atoms with Gasteiger partial charge < -0.3 is 0 Å². The molecule has 1 rings (SSSR count). The van der Waals surface area contributed by atoms with E-state index in [1.807, 2.05) is 6.08 Å². The van der Waals surface area contributed by atoms with Crippen LogP contribution in [0.1, 0.15) is 110 Å². The Bertz CT molecular complexity index is 328. The lowest BCUT2D eigenvalue weighted by Gasteiger charge is -2.03. The fraction of sp³-hybridized carbons (Fsp3) is 0.773. The van der Waals surface area contributed by atoms with Gasteiger partial charge in [0.25, 0.3) is 0 Å². The van der Waals surface area contributed by atoms with Gasteiger partial charge in [0.2, 0.25) is 0 Å². The number of hydrogen-bond donors (Lipinski definition) is 0. The second-order valence-corrected chi connectivity index (χ2v) is 6.90. The van der Waals surface area contributed by atoms with Crippen LogP contribution in [0.3, 0.4) is 0 Å². The van der Waals surface area contributed by atoms with Crippen molar-refractivity contribution in [2.75, 3.05) is 0 Å². The van der Waals surface area contributed by atoms with Crippen molar-refractivity contribution in [3.63, 3.8) is 0 Å². The van der Waals surface area contributed by atoms with E-state index < -0.39 is 0 Å². The minimum absolute atomic E-state index is 1.23. The Morgan fingerprint density at radius 1 is 0.636 bits per heavy atom. The van der Waals surface area contributed by atoms with E-state index in [2.05, 4.69) is 24.8 Å². The fourth-order valence-corrected chi connectivity index (χ4v) is 3.21. The number of unbranched alkanes of at least 4 members (excludes halogenated alkanes) is 14. The smallest absolute Gasteiger partial charge is 0.00601 e. The molecule has 0 aromatic rings. The zero-order valence-electron chi connectivity index (χ0n) is 15.0. The quantitative estimate of drug-likeness (QED) is 0.201. The van der Waals surface area contributed by atoms with E-state index in [0.29, 0.717) is 0 Å². The highest BCUT2D eigenvalue weighted by Gasteiger charge is 1.96. The first-order valence-electron chi connectivity index (χ1n) is 10.1. The van der Waals surface area contributed by atoms with Crippen molar-refractivity contribution in [3.05, 3.63) is 29.5 Å². The molecule has 0 saturated heterocycles. The van der Waals surface area contributed by atoms with Gasteiger partial charge in [-0.1, -0.05) is 109 Å². The van der Waals surface area contributed by atoms with Crippen LogP contribution in [0.2, 0.25) is 0 Å². The van der Waals surface area contributed by atoms with Gasteiger partial charge >= 0.3 is 0 Å². The van der Waals surface area contributed by atoms with Crippen molar-refractivity contribution in [2.24, 2.45) is 0 Å². The Kier molecular flexibility index (Phi) is 13.3. The van der Waals surface area contributed by atoms with Gasteiger partial charge in [0, 0.05) is 0 Å². The van der Waals surface area contributed by atoms with Crippen molar-refractivity contribution in [3.8, 4) is 0 Å². The number of hydrogen-bond acceptors (Lipinski definition) is 0. The Balaban J connectivity index is 1.68. The minimum Gasteiger partial charge on any atom is -0.117 e. The molecular weight excluding hydrogens is 264 g/mol. The molecule has 0 aliphatic heterocycles. The van der Waals surface area contributed by atoms with E-state index in [0.717, 1.165) is 0 Å². The highest BCUT2D eigenvalue weighted by atomic mass is 14.0. The lowest BCUT2D eigenvalue weighted by atomic mass is 10.0. The molecule has 126 valence electrons. The van der Waals surface area contributed by atoms with Crippen LogP contribution in [-0.2, 0) is 0 Å². The molecule has 0 fully saturated rings. The van der Waals surface area contributed by atoms with Crippen LogP contribution in [0.5, 0.6) is 0 Å². The third kappa shape index (κ3) is 11.9. The predicted molar refractivity (Wildman–Crippen MR) is 100 cm³/mol. The van der Waals surface area contributed by atoms with Crippen LogP contribution in [0.25, 0.3) is 0 Å². The summed E-state index contributed by atoms with van der Waals surface area (Å²) in [5.74, 6) is 0. The summed E-state index contributed by atoms with van der Waals surface area (Å²) in [6, 6.07) is 0. The Hall–Kier alpha value is -0.740. The predicted octanol–water partition coefficient (Wildman–Crippen LogP) is 7.90. The van der Waals surface area contributed by atoms with Crippen LogP contribution < -0.4 is 0 Å². The summed E-state index contributed by atoms with van der Waals surface area (Å²) in [6.07, 6.45) is 29.2. The Morgan fingerprint density at radius 3 is 1.50 bits per heavy atom. The molecule has 1 aliphatic carbocycles. The first-order valence-corrected chi connectivity index (χ1v) is 10.1. The summed E-state index contributed by atoms with van der Waals surface area (Å²) in [6.45, 7) is 2.29. The number of allylic oxidation sites excluding steroid dienone is 3. The summed E-state index contributed by atoms with van der Waals surface area (Å²) in [4.78, 5) is 0. The molecule has 0 radical (unpaired) electrons. The zero-order chi connectivity index (χ0) is 15.7. The summed E-state index contributed by atoms with van der Waals surface area (Å²) < 4.78 is 0. The number of rotatable bonds is 16. The standard InChI is InChI=1S/C22H38/c1-2-3-4-5-6-7-8-9-10-11-12-13-14-15-16-19-22-20-17-18-21-22/h17-18,20H,2-16,19H2,1H3. The third-order valence-electron chi connectivity index (χ3n) is 4.71. The van der Waals surface area contributed by atoms with Crippen molar-refractivity contribution in [2.45, 2.75) is 110 Å². The lowest BCUT2D eigenvalue weighted by molar-refractivity contribution is 0.532. The van der Waals surface area contributed by atoms with Gasteiger partial charge in [-0.25, -0.2) is 0 Å². The van der Waals surface area contributed by atoms with Gasteiger partial charge in [-0.05, 0) is 24.5 Å². The van der Waals surface area contributed by atoms with Gasteiger partial charge in [-0.15, -0.1) is 5.73 Å². The van der Waals surface area contributed by atoms with E-state index in [1.165, 1.54) is 108 Å². The molecule has 0 heteroatoms. The Morgan fingerprint density at radius 2 is 1.09 bits per heavy atom. The summed E-state index contributed by atoms with van der Waals surface area (Å²) in [7, 11) is 0. The molecule has 0 saturated carbocycles. The second kappa shape index (κ2) is 15.2. The van der Waals surface area contributed by atoms with Crippen LogP contribution in [-0.4, -0.2) is 0 Å². The molecular formula is C22H38. The van der Waals surface area contributed by atoms with E-state index in [9.17, 15) is 0 Å². The molecule has 0 aromatic carbocycles. The maximum Gasteiger partial charge on any atom is -0.00601 e. The molecule has 0 N–H and O–H groups in total. The van der Waals surface area contributed by atoms with Gasteiger partial charge in [0.1, 0.15) is 0 Å². The topological polar surface area (TPSA) is 0 Å².